The molecule has 5 rings (SSSR count). The average molecular weight is 819 g/mol. The van der Waals surface area contributed by atoms with Crippen LogP contribution in [0, 0.1) is 0 Å². The van der Waals surface area contributed by atoms with Crippen molar-refractivity contribution in [2.45, 2.75) is 149 Å². The molecule has 0 spiro atoms. The minimum Gasteiger partial charge on any atom is -0.477 e. The predicted octanol–water partition coefficient (Wildman–Crippen LogP) is -9.21. The van der Waals surface area contributed by atoms with Crippen LogP contribution in [-0.4, -0.2) is 234 Å². The lowest BCUT2D eigenvalue weighted by Gasteiger charge is -2.50. The van der Waals surface area contributed by atoms with Crippen LogP contribution in [0.15, 0.2) is 0 Å². The van der Waals surface area contributed by atoms with E-state index in [-0.39, 0.29) is 0 Å². The first-order valence-corrected chi connectivity index (χ1v) is 17.7. The lowest BCUT2D eigenvalue weighted by atomic mass is 9.88. The van der Waals surface area contributed by atoms with Crippen LogP contribution < -0.4 is 10.6 Å². The van der Waals surface area contributed by atoms with Gasteiger partial charge < -0.3 is 110 Å². The Morgan fingerprint density at radius 1 is 0.589 bits per heavy atom. The molecule has 25 nitrogen and oxygen atoms in total. The summed E-state index contributed by atoms with van der Waals surface area (Å²) in [4.78, 5) is 37.5. The topological polar surface area (TPSA) is 392 Å². The molecule has 5 aliphatic rings. The fourth-order valence-corrected chi connectivity index (χ4v) is 7.22. The van der Waals surface area contributed by atoms with E-state index in [1.165, 1.54) is 0 Å². The summed E-state index contributed by atoms with van der Waals surface area (Å²) in [5, 5.41) is 134. The van der Waals surface area contributed by atoms with E-state index >= 15 is 0 Å². The number of fused-ring (bicyclic) bond motifs is 8. The van der Waals surface area contributed by atoms with Crippen molar-refractivity contribution in [3.05, 3.63) is 0 Å². The Morgan fingerprint density at radius 2 is 1.09 bits per heavy atom. The molecule has 5 aliphatic heterocycles. The number of rotatable bonds is 5. The molecule has 25 heteroatoms. The second-order valence-electron chi connectivity index (χ2n) is 14.2. The van der Waals surface area contributed by atoms with Crippen molar-refractivity contribution in [3.8, 4) is 0 Å². The number of ether oxygens (including phenoxy) is 8. The SMILES string of the molecule is CC(=O)N[C@H]1[C@H]2O[C@H](CO)[C@H](O)[C@@H]1O[C@@H]1O[C@H](CO[C@@H]3O[C@H](CO[C@]4(C(=O)O)C[C@H](O)[C@@H](NC(C)=O)[C@@H](O4)[C@H](O)[C@@H](CO)O2)[C@H](O)[C@H](O)[C@H]3O)[C@H](O)[C@H](O)[C@H]1O. The molecule has 21 atom stereocenters. The third-order valence-corrected chi connectivity index (χ3v) is 10.2. The molecule has 0 saturated carbocycles. The number of aliphatic hydroxyl groups excluding tert-OH is 11. The molecular weight excluding hydrogens is 768 g/mol. The summed E-state index contributed by atoms with van der Waals surface area (Å²) in [7, 11) is 0. The van der Waals surface area contributed by atoms with E-state index < -0.39 is 179 Å². The summed E-state index contributed by atoms with van der Waals surface area (Å²) in [6, 6.07) is -3.30. The molecular formula is C31H50N2O23. The Balaban J connectivity index is 1.60. The molecule has 0 aromatic rings. The van der Waals surface area contributed by atoms with Gasteiger partial charge in [0.05, 0.1) is 38.6 Å². The smallest absolute Gasteiger partial charge is 0.364 e. The minimum absolute atomic E-state index is 0.785. The van der Waals surface area contributed by atoms with E-state index in [0.29, 0.717) is 0 Å². The number of carbonyl (C=O) groups is 3. The van der Waals surface area contributed by atoms with Gasteiger partial charge in [0.1, 0.15) is 91.5 Å². The summed E-state index contributed by atoms with van der Waals surface area (Å²) in [6.07, 6.45) is -35.4. The van der Waals surface area contributed by atoms with Crippen molar-refractivity contribution in [3.63, 3.8) is 0 Å². The monoisotopic (exact) mass is 818 g/mol. The normalized spacial score (nSPS) is 49.2. The average Bonchev–Trinajstić information content (AvgIpc) is 3.14. The van der Waals surface area contributed by atoms with Crippen LogP contribution in [0.25, 0.3) is 0 Å². The number of amides is 2. The zero-order valence-electron chi connectivity index (χ0n) is 29.9. The van der Waals surface area contributed by atoms with Crippen LogP contribution in [0.5, 0.6) is 0 Å². The second-order valence-corrected chi connectivity index (χ2v) is 14.2. The maximum absolute atomic E-state index is 12.8. The first-order valence-electron chi connectivity index (χ1n) is 17.7. The molecule has 2 amide bonds. The summed E-state index contributed by atoms with van der Waals surface area (Å²) >= 11 is 0. The Labute approximate surface area is 317 Å². The summed E-state index contributed by atoms with van der Waals surface area (Å²) < 4.78 is 45.6. The second kappa shape index (κ2) is 18.3. The van der Waals surface area contributed by atoms with Crippen LogP contribution >= 0.6 is 0 Å². The molecule has 0 aromatic heterocycles. The van der Waals surface area contributed by atoms with Crippen molar-refractivity contribution in [2.24, 2.45) is 0 Å². The zero-order chi connectivity index (χ0) is 41.4. The van der Waals surface area contributed by atoms with Crippen molar-refractivity contribution in [1.29, 1.82) is 0 Å². The zero-order valence-corrected chi connectivity index (χ0v) is 29.9. The number of carboxylic acids is 1. The molecule has 5 heterocycles. The largest absolute Gasteiger partial charge is 0.477 e. The van der Waals surface area contributed by atoms with Crippen LogP contribution in [0.3, 0.4) is 0 Å². The number of carboxylic acid groups (broad SMARTS) is 1. The molecule has 14 N–H and O–H groups in total. The van der Waals surface area contributed by atoms with Crippen LogP contribution in [0.2, 0.25) is 0 Å². The molecule has 0 aliphatic carbocycles. The molecule has 8 bridgehead atoms. The molecule has 56 heavy (non-hydrogen) atoms. The van der Waals surface area contributed by atoms with Crippen molar-refractivity contribution >= 4 is 17.8 Å². The lowest BCUT2D eigenvalue weighted by Crippen LogP contribution is -2.70. The van der Waals surface area contributed by atoms with Crippen LogP contribution in [0.1, 0.15) is 20.3 Å². The van der Waals surface area contributed by atoms with Crippen molar-refractivity contribution in [2.75, 3.05) is 26.4 Å². The van der Waals surface area contributed by atoms with Gasteiger partial charge in [-0.1, -0.05) is 0 Å². The van der Waals surface area contributed by atoms with Crippen molar-refractivity contribution < 1.29 is 114 Å². The van der Waals surface area contributed by atoms with Gasteiger partial charge in [-0.2, -0.15) is 0 Å². The Kier molecular flexibility index (Phi) is 14.6. The van der Waals surface area contributed by atoms with Gasteiger partial charge in [-0.15, -0.1) is 0 Å². The number of hydrogen-bond acceptors (Lipinski definition) is 22. The molecule has 5 fully saturated rings. The first-order chi connectivity index (χ1) is 26.3. The Bertz CT molecular complexity index is 1370. The highest BCUT2D eigenvalue weighted by atomic mass is 16.8. The number of hydrogen-bond donors (Lipinski definition) is 14. The Hall–Kier alpha value is -2.35. The maximum atomic E-state index is 12.8. The molecule has 0 unspecified atom stereocenters. The number of nitrogens with one attached hydrogen (secondary N) is 2. The standard InChI is InChI=1S/C31H50N2O23/c1-8(36)32-15-10(38)3-31(30(47)48)50-7-14-18(40)21(43)23(45)28(53-14)49-6-13-17(39)22(44)24(46)29(54-13)55-25-16(33-9(2)37)27(51-11(4-34)19(25)41)52-12(5-35)20(42)26(15)56-31/h10-29,34-35,38-46H,3-7H2,1-2H3,(H,32,36)(H,33,37)(H,47,48)/t10-,11+,12+,13+,14+,15+,16+,17-,18-,19-,20+,21-,22-,23+,24+,25+,26+,27-,28+,29-,31+/m0/s1. The highest BCUT2D eigenvalue weighted by Crippen LogP contribution is 2.37. The van der Waals surface area contributed by atoms with Gasteiger partial charge in [0.25, 0.3) is 5.79 Å². The number of aliphatic hydroxyl groups is 11. The fourth-order valence-electron chi connectivity index (χ4n) is 7.22. The predicted molar refractivity (Wildman–Crippen MR) is 171 cm³/mol. The van der Waals surface area contributed by atoms with E-state index in [0.717, 1.165) is 13.8 Å². The molecule has 0 aromatic carbocycles. The number of aliphatic carboxylic acids is 1. The fraction of sp³-hybridized carbons (Fsp3) is 0.903. The van der Waals surface area contributed by atoms with Crippen LogP contribution in [-0.2, 0) is 52.3 Å². The van der Waals surface area contributed by atoms with Crippen LogP contribution in [0.4, 0.5) is 0 Å². The lowest BCUT2D eigenvalue weighted by molar-refractivity contribution is -0.366. The third-order valence-electron chi connectivity index (χ3n) is 10.2. The maximum Gasteiger partial charge on any atom is 0.364 e. The van der Waals surface area contributed by atoms with E-state index in [1.807, 2.05) is 0 Å². The summed E-state index contributed by atoms with van der Waals surface area (Å²) in [6.45, 7) is -1.79. The third kappa shape index (κ3) is 9.10. The van der Waals surface area contributed by atoms with Gasteiger partial charge >= 0.3 is 5.97 Å². The summed E-state index contributed by atoms with van der Waals surface area (Å²) in [5.41, 5.74) is 0. The molecule has 322 valence electrons. The summed E-state index contributed by atoms with van der Waals surface area (Å²) in [5.74, 6) is -6.41. The highest BCUT2D eigenvalue weighted by molar-refractivity contribution is 5.76. The minimum atomic E-state index is -2.92. The van der Waals surface area contributed by atoms with E-state index in [9.17, 15) is 75.7 Å². The van der Waals surface area contributed by atoms with Gasteiger partial charge in [0.15, 0.2) is 18.9 Å². The molecule has 0 radical (unpaired) electrons. The number of carbonyl (C=O) groups excluding carboxylic acids is 2. The van der Waals surface area contributed by atoms with E-state index in [1.54, 1.807) is 0 Å². The van der Waals surface area contributed by atoms with Gasteiger partial charge in [0.2, 0.25) is 11.8 Å². The Morgan fingerprint density at radius 3 is 1.62 bits per heavy atom. The van der Waals surface area contributed by atoms with Gasteiger partial charge in [-0.25, -0.2) is 4.79 Å². The van der Waals surface area contributed by atoms with Gasteiger partial charge in [-0.05, 0) is 0 Å². The van der Waals surface area contributed by atoms with Gasteiger partial charge in [-0.3, -0.25) is 9.59 Å². The quantitative estimate of drug-likeness (QED) is 0.122. The molecule has 5 saturated heterocycles. The van der Waals surface area contributed by atoms with E-state index in [4.69, 9.17) is 37.9 Å². The van der Waals surface area contributed by atoms with E-state index in [2.05, 4.69) is 10.6 Å². The van der Waals surface area contributed by atoms with Gasteiger partial charge in [0, 0.05) is 20.3 Å². The van der Waals surface area contributed by atoms with Crippen molar-refractivity contribution in [1.82, 2.24) is 10.6 Å². The first kappa shape index (κ1) is 44.7. The highest BCUT2D eigenvalue weighted by Gasteiger charge is 2.58.